The Morgan fingerprint density at radius 3 is 2.79 bits per heavy atom. The molecule has 2 heterocycles. The molecule has 0 unspecified atom stereocenters. The Labute approximate surface area is 110 Å². The molecular weight excluding hydrogens is 244 g/mol. The summed E-state index contributed by atoms with van der Waals surface area (Å²) in [6.45, 7) is 2.56. The first kappa shape index (κ1) is 11.9. The van der Waals surface area contributed by atoms with Crippen LogP contribution < -0.4 is 5.32 Å². The fourth-order valence-electron chi connectivity index (χ4n) is 2.22. The van der Waals surface area contributed by atoms with Crippen molar-refractivity contribution >= 4 is 5.91 Å². The maximum absolute atomic E-state index is 12.3. The van der Waals surface area contributed by atoms with Gasteiger partial charge in [-0.3, -0.25) is 4.79 Å². The maximum Gasteiger partial charge on any atom is 0.248 e. The quantitative estimate of drug-likeness (QED) is 0.847. The van der Waals surface area contributed by atoms with Crippen molar-refractivity contribution in [2.45, 2.75) is 31.8 Å². The van der Waals surface area contributed by atoms with E-state index in [1.54, 1.807) is 4.68 Å². The van der Waals surface area contributed by atoms with Gasteiger partial charge in [0.1, 0.15) is 11.9 Å². The second kappa shape index (κ2) is 4.18. The summed E-state index contributed by atoms with van der Waals surface area (Å²) in [4.78, 5) is 12.3. The number of carbonyl (C=O) groups excluding carboxylic acids is 1. The van der Waals surface area contributed by atoms with Crippen LogP contribution in [0.4, 0.5) is 0 Å². The molecule has 0 atom stereocenters. The average molecular weight is 260 g/mol. The van der Waals surface area contributed by atoms with Gasteiger partial charge in [0, 0.05) is 18.4 Å². The van der Waals surface area contributed by atoms with Crippen molar-refractivity contribution in [1.82, 2.24) is 30.1 Å². The van der Waals surface area contributed by atoms with Crippen LogP contribution in [0, 0.1) is 6.92 Å². The van der Waals surface area contributed by atoms with E-state index in [-0.39, 0.29) is 5.91 Å². The third-order valence-electron chi connectivity index (χ3n) is 3.84. The molecule has 0 bridgehead atoms. The lowest BCUT2D eigenvalue weighted by Gasteiger charge is -2.14. The lowest BCUT2D eigenvalue weighted by atomic mass is 10.2. The van der Waals surface area contributed by atoms with E-state index in [0.29, 0.717) is 6.54 Å². The van der Waals surface area contributed by atoms with Gasteiger partial charge in [-0.15, -0.1) is 5.10 Å². The van der Waals surface area contributed by atoms with E-state index in [0.717, 1.165) is 18.5 Å². The summed E-state index contributed by atoms with van der Waals surface area (Å²) in [5.41, 5.74) is 1.69. The highest BCUT2D eigenvalue weighted by molar-refractivity contribution is 5.87. The Kier molecular flexibility index (Phi) is 2.62. The first-order valence-electron chi connectivity index (χ1n) is 6.26. The van der Waals surface area contributed by atoms with E-state index >= 15 is 0 Å². The van der Waals surface area contributed by atoms with Gasteiger partial charge < -0.3 is 9.88 Å². The smallest absolute Gasteiger partial charge is 0.248 e. The molecule has 1 aliphatic carbocycles. The summed E-state index contributed by atoms with van der Waals surface area (Å²) in [5, 5.41) is 14.0. The predicted octanol–water partition coefficient (Wildman–Crippen LogP) is 0.126. The van der Waals surface area contributed by atoms with Crippen molar-refractivity contribution in [2.24, 2.45) is 7.05 Å². The Morgan fingerprint density at radius 1 is 1.47 bits per heavy atom. The normalized spacial score (nSPS) is 16.3. The van der Waals surface area contributed by atoms with Gasteiger partial charge in [-0.1, -0.05) is 0 Å². The van der Waals surface area contributed by atoms with Crippen molar-refractivity contribution < 1.29 is 4.79 Å². The van der Waals surface area contributed by atoms with Gasteiger partial charge in [0.05, 0.1) is 6.54 Å². The van der Waals surface area contributed by atoms with Crippen molar-refractivity contribution in [1.29, 1.82) is 0 Å². The third kappa shape index (κ3) is 1.91. The number of nitrogens with zero attached hydrogens (tertiary/aromatic N) is 5. The molecule has 7 nitrogen and oxygen atoms in total. The minimum absolute atomic E-state index is 0.0151. The van der Waals surface area contributed by atoms with Crippen molar-refractivity contribution in [3.63, 3.8) is 0 Å². The second-order valence-electron chi connectivity index (χ2n) is 4.99. The molecular formula is C12H16N6O. The highest BCUT2D eigenvalue weighted by atomic mass is 16.2. The molecule has 0 aromatic carbocycles. The molecule has 7 heteroatoms. The van der Waals surface area contributed by atoms with Gasteiger partial charge in [-0.25, -0.2) is 4.68 Å². The van der Waals surface area contributed by atoms with Gasteiger partial charge >= 0.3 is 0 Å². The summed E-state index contributed by atoms with van der Waals surface area (Å²) >= 11 is 0. The minimum Gasteiger partial charge on any atom is -0.350 e. The number of aryl methyl sites for hydroxylation is 1. The third-order valence-corrected chi connectivity index (χ3v) is 3.84. The van der Waals surface area contributed by atoms with Crippen LogP contribution in [0.1, 0.15) is 24.2 Å². The van der Waals surface area contributed by atoms with Crippen LogP contribution in [-0.2, 0) is 23.9 Å². The van der Waals surface area contributed by atoms with Gasteiger partial charge in [-0.05, 0) is 42.3 Å². The number of tetrazole rings is 1. The van der Waals surface area contributed by atoms with Crippen LogP contribution >= 0.6 is 0 Å². The minimum atomic E-state index is -0.566. The number of nitrogens with one attached hydrogen (secondary N) is 1. The number of hydrogen-bond donors (Lipinski definition) is 1. The molecule has 19 heavy (non-hydrogen) atoms. The number of aromatic nitrogens is 5. The average Bonchev–Trinajstić information content (AvgIpc) is 2.91. The monoisotopic (exact) mass is 260 g/mol. The van der Waals surface area contributed by atoms with Crippen LogP contribution in [0.2, 0.25) is 0 Å². The van der Waals surface area contributed by atoms with Crippen LogP contribution in [0.15, 0.2) is 18.5 Å². The van der Waals surface area contributed by atoms with E-state index in [9.17, 15) is 4.79 Å². The van der Waals surface area contributed by atoms with E-state index < -0.39 is 5.54 Å². The molecule has 3 rings (SSSR count). The van der Waals surface area contributed by atoms with Gasteiger partial charge in [0.25, 0.3) is 0 Å². The summed E-state index contributed by atoms with van der Waals surface area (Å²) in [5.74, 6) is -0.0151. The maximum atomic E-state index is 12.3. The zero-order valence-corrected chi connectivity index (χ0v) is 11.0. The summed E-state index contributed by atoms with van der Waals surface area (Å²) in [6.07, 6.45) is 3.07. The van der Waals surface area contributed by atoms with Crippen molar-refractivity contribution in [3.8, 4) is 0 Å². The largest absolute Gasteiger partial charge is 0.350 e. The molecule has 0 saturated heterocycles. The Hall–Kier alpha value is -2.18. The van der Waals surface area contributed by atoms with E-state index in [1.807, 2.05) is 26.1 Å². The zero-order valence-electron chi connectivity index (χ0n) is 11.0. The molecule has 2 aromatic heterocycles. The molecule has 1 saturated carbocycles. The van der Waals surface area contributed by atoms with Crippen LogP contribution in [0.25, 0.3) is 0 Å². The fourth-order valence-corrected chi connectivity index (χ4v) is 2.22. The van der Waals surface area contributed by atoms with Crippen LogP contribution in [0.3, 0.4) is 0 Å². The molecule has 1 fully saturated rings. The van der Waals surface area contributed by atoms with Crippen LogP contribution in [0.5, 0.6) is 0 Å². The molecule has 0 spiro atoms. The molecule has 1 N–H and O–H groups in total. The standard InChI is InChI=1S/C12H16N6O/c1-9-3-4-10(17(9)2)7-13-11(19)12(5-6-12)18-8-14-15-16-18/h3-4,8H,5-7H2,1-2H3,(H,13,19). The molecule has 100 valence electrons. The first-order valence-corrected chi connectivity index (χ1v) is 6.26. The van der Waals surface area contributed by atoms with Gasteiger partial charge in [0.15, 0.2) is 0 Å². The van der Waals surface area contributed by atoms with Crippen molar-refractivity contribution in [2.75, 3.05) is 0 Å². The van der Waals surface area contributed by atoms with Crippen LogP contribution in [-0.4, -0.2) is 30.7 Å². The van der Waals surface area contributed by atoms with E-state index in [2.05, 4.69) is 25.4 Å². The molecule has 0 aliphatic heterocycles. The van der Waals surface area contributed by atoms with E-state index in [1.165, 1.54) is 12.0 Å². The Bertz CT molecular complexity index is 596. The number of amides is 1. The lowest BCUT2D eigenvalue weighted by molar-refractivity contribution is -0.126. The summed E-state index contributed by atoms with van der Waals surface area (Å²) < 4.78 is 3.62. The highest BCUT2D eigenvalue weighted by Gasteiger charge is 2.53. The second-order valence-corrected chi connectivity index (χ2v) is 4.99. The lowest BCUT2D eigenvalue weighted by Crippen LogP contribution is -2.39. The molecule has 0 radical (unpaired) electrons. The Morgan fingerprint density at radius 2 is 2.26 bits per heavy atom. The van der Waals surface area contributed by atoms with Crippen molar-refractivity contribution in [3.05, 3.63) is 29.8 Å². The summed E-state index contributed by atoms with van der Waals surface area (Å²) in [7, 11) is 1.99. The number of hydrogen-bond acceptors (Lipinski definition) is 4. The zero-order chi connectivity index (χ0) is 13.5. The van der Waals surface area contributed by atoms with Gasteiger partial charge in [-0.2, -0.15) is 0 Å². The highest BCUT2D eigenvalue weighted by Crippen LogP contribution is 2.42. The molecule has 2 aromatic rings. The number of carbonyl (C=O) groups is 1. The molecule has 1 amide bonds. The topological polar surface area (TPSA) is 77.6 Å². The Balaban J connectivity index is 1.68. The predicted molar refractivity (Wildman–Crippen MR) is 67.0 cm³/mol. The SMILES string of the molecule is Cc1ccc(CNC(=O)C2(n3cnnn3)CC2)n1C. The van der Waals surface area contributed by atoms with Gasteiger partial charge in [0.2, 0.25) is 5.91 Å². The first-order chi connectivity index (χ1) is 9.13. The number of rotatable bonds is 4. The van der Waals surface area contributed by atoms with E-state index in [4.69, 9.17) is 0 Å². The summed E-state index contributed by atoms with van der Waals surface area (Å²) in [6, 6.07) is 4.06. The molecule has 1 aliphatic rings. The fraction of sp³-hybridized carbons (Fsp3) is 0.500.